The molecule has 0 aliphatic heterocycles. The maximum atomic E-state index is 11.8. The van der Waals surface area contributed by atoms with Gasteiger partial charge in [0.1, 0.15) is 12.4 Å². The number of ether oxygens (including phenoxy) is 1. The normalized spacial score (nSPS) is 11.5. The summed E-state index contributed by atoms with van der Waals surface area (Å²) >= 11 is 0. The van der Waals surface area contributed by atoms with Crippen molar-refractivity contribution in [2.24, 2.45) is 0 Å². The Morgan fingerprint density at radius 3 is 2.43 bits per heavy atom. The average molecular weight is 205 g/mol. The van der Waals surface area contributed by atoms with E-state index in [2.05, 4.69) is 4.74 Å². The lowest BCUT2D eigenvalue weighted by Gasteiger charge is -2.10. The molecule has 0 aliphatic rings. The highest BCUT2D eigenvalue weighted by molar-refractivity contribution is 5.36. The third-order valence-electron chi connectivity index (χ3n) is 1.46. The van der Waals surface area contributed by atoms with Crippen LogP contribution in [0.1, 0.15) is 11.1 Å². The molecular formula is C9H8F3O2. The number of aliphatic hydroxyl groups is 1. The molecule has 1 radical (unpaired) electrons. The zero-order valence-electron chi connectivity index (χ0n) is 7.30. The monoisotopic (exact) mass is 205 g/mol. The molecule has 1 aromatic carbocycles. The van der Waals surface area contributed by atoms with Crippen LogP contribution in [-0.2, 0) is 0 Å². The van der Waals surface area contributed by atoms with Crippen molar-refractivity contribution in [3.05, 3.63) is 35.9 Å². The summed E-state index contributed by atoms with van der Waals surface area (Å²) in [6.07, 6.45) is -4.71. The van der Waals surface area contributed by atoms with Crippen LogP contribution >= 0.6 is 0 Å². The molecule has 2 nitrogen and oxygen atoms in total. The number of alkyl halides is 3. The quantitative estimate of drug-likeness (QED) is 0.804. The highest BCUT2D eigenvalue weighted by Gasteiger charge is 2.31. The van der Waals surface area contributed by atoms with Gasteiger partial charge in [-0.05, 0) is 30.2 Å². The molecule has 1 aromatic rings. The molecule has 0 unspecified atom stereocenters. The zero-order chi connectivity index (χ0) is 10.8. The first kappa shape index (κ1) is 10.8. The molecular weight excluding hydrogens is 197 g/mol. The molecule has 0 heterocycles. The summed E-state index contributed by atoms with van der Waals surface area (Å²) in [5, 5.41) is 8.62. The summed E-state index contributed by atoms with van der Waals surface area (Å²) in [5.74, 6) is -0.335. The Morgan fingerprint density at radius 2 is 1.93 bits per heavy atom. The number of rotatable bonds is 2. The lowest BCUT2D eigenvalue weighted by molar-refractivity contribution is -0.274. The number of hydrogen-bond donors (Lipinski definition) is 1. The van der Waals surface area contributed by atoms with E-state index in [0.717, 1.165) is 12.7 Å². The zero-order valence-corrected chi connectivity index (χ0v) is 7.30. The molecule has 0 aromatic heterocycles. The first-order valence-electron chi connectivity index (χ1n) is 3.75. The van der Waals surface area contributed by atoms with Gasteiger partial charge in [-0.15, -0.1) is 13.2 Å². The molecule has 0 bridgehead atoms. The van der Waals surface area contributed by atoms with Gasteiger partial charge in [-0.25, -0.2) is 0 Å². The summed E-state index contributed by atoms with van der Waals surface area (Å²) < 4.78 is 39.1. The maximum Gasteiger partial charge on any atom is 0.573 e. The predicted molar refractivity (Wildman–Crippen MR) is 43.2 cm³/mol. The van der Waals surface area contributed by atoms with E-state index in [-0.39, 0.29) is 11.3 Å². The number of benzene rings is 1. The van der Waals surface area contributed by atoms with Gasteiger partial charge in [0.05, 0.1) is 0 Å². The van der Waals surface area contributed by atoms with Crippen LogP contribution in [0.15, 0.2) is 18.2 Å². The van der Waals surface area contributed by atoms with Gasteiger partial charge in [0.2, 0.25) is 0 Å². The van der Waals surface area contributed by atoms with Crippen molar-refractivity contribution < 1.29 is 23.0 Å². The van der Waals surface area contributed by atoms with Gasteiger partial charge in [0, 0.05) is 0 Å². The van der Waals surface area contributed by atoms with Gasteiger partial charge in [-0.3, -0.25) is 0 Å². The van der Waals surface area contributed by atoms with E-state index in [1.807, 2.05) is 0 Å². The molecule has 0 aliphatic carbocycles. The second-order valence-corrected chi connectivity index (χ2v) is 2.76. The van der Waals surface area contributed by atoms with Crippen molar-refractivity contribution in [3.63, 3.8) is 0 Å². The minimum atomic E-state index is -4.71. The highest BCUT2D eigenvalue weighted by Crippen LogP contribution is 2.25. The molecule has 0 fully saturated rings. The summed E-state index contributed by atoms with van der Waals surface area (Å²) in [4.78, 5) is 0. The minimum Gasteiger partial charge on any atom is -0.406 e. The van der Waals surface area contributed by atoms with Crippen molar-refractivity contribution in [2.75, 3.05) is 0 Å². The number of aryl methyl sites for hydroxylation is 1. The topological polar surface area (TPSA) is 29.5 Å². The second kappa shape index (κ2) is 3.88. The van der Waals surface area contributed by atoms with Crippen LogP contribution in [0.5, 0.6) is 5.75 Å². The van der Waals surface area contributed by atoms with Crippen molar-refractivity contribution in [1.29, 1.82) is 0 Å². The molecule has 5 heteroatoms. The summed E-state index contributed by atoms with van der Waals surface area (Å²) in [6, 6.07) is 3.87. The fraction of sp³-hybridized carbons (Fsp3) is 0.222. The predicted octanol–water partition coefficient (Wildman–Crippen LogP) is 2.78. The summed E-state index contributed by atoms with van der Waals surface area (Å²) in [7, 11) is 0. The lowest BCUT2D eigenvalue weighted by Crippen LogP contribution is -2.17. The summed E-state index contributed by atoms with van der Waals surface area (Å²) in [5.41, 5.74) is 0.844. The van der Waals surface area contributed by atoms with Crippen molar-refractivity contribution in [2.45, 2.75) is 13.3 Å². The molecule has 1 rings (SSSR count). The Hall–Kier alpha value is -1.23. The van der Waals surface area contributed by atoms with E-state index in [4.69, 9.17) is 5.11 Å². The van der Waals surface area contributed by atoms with Gasteiger partial charge in [0.25, 0.3) is 0 Å². The third kappa shape index (κ3) is 3.26. The van der Waals surface area contributed by atoms with E-state index in [1.165, 1.54) is 12.1 Å². The Morgan fingerprint density at radius 1 is 1.29 bits per heavy atom. The first-order chi connectivity index (χ1) is 6.40. The third-order valence-corrected chi connectivity index (χ3v) is 1.46. The minimum absolute atomic E-state index is 0.268. The van der Waals surface area contributed by atoms with Crippen LogP contribution in [-0.4, -0.2) is 11.5 Å². The molecule has 0 amide bonds. The van der Waals surface area contributed by atoms with E-state index in [9.17, 15) is 13.2 Å². The van der Waals surface area contributed by atoms with Crippen LogP contribution in [0, 0.1) is 13.5 Å². The molecule has 0 saturated carbocycles. The van der Waals surface area contributed by atoms with E-state index < -0.39 is 6.36 Å². The Kier molecular flexibility index (Phi) is 3.00. The van der Waals surface area contributed by atoms with Crippen LogP contribution < -0.4 is 4.74 Å². The number of hydrogen-bond acceptors (Lipinski definition) is 2. The Bertz CT molecular complexity index is 320. The fourth-order valence-electron chi connectivity index (χ4n) is 1.04. The Balaban J connectivity index is 2.92. The second-order valence-electron chi connectivity index (χ2n) is 2.76. The van der Waals surface area contributed by atoms with E-state index >= 15 is 0 Å². The molecule has 14 heavy (non-hydrogen) atoms. The van der Waals surface area contributed by atoms with E-state index in [1.54, 1.807) is 6.92 Å². The molecule has 0 saturated heterocycles. The van der Waals surface area contributed by atoms with Gasteiger partial charge >= 0.3 is 6.36 Å². The van der Waals surface area contributed by atoms with Crippen LogP contribution in [0.2, 0.25) is 0 Å². The summed E-state index contributed by atoms with van der Waals surface area (Å²) in [6.45, 7) is 2.33. The van der Waals surface area contributed by atoms with E-state index in [0.29, 0.717) is 5.56 Å². The average Bonchev–Trinajstić information content (AvgIpc) is 1.99. The molecule has 77 valence electrons. The molecule has 0 spiro atoms. The van der Waals surface area contributed by atoms with Crippen molar-refractivity contribution >= 4 is 0 Å². The lowest BCUT2D eigenvalue weighted by atomic mass is 10.1. The van der Waals surface area contributed by atoms with Crippen LogP contribution in [0.25, 0.3) is 0 Å². The van der Waals surface area contributed by atoms with Crippen LogP contribution in [0.3, 0.4) is 0 Å². The Labute approximate surface area is 78.9 Å². The van der Waals surface area contributed by atoms with Crippen LogP contribution in [0.4, 0.5) is 13.2 Å². The van der Waals surface area contributed by atoms with Gasteiger partial charge in [-0.2, -0.15) is 0 Å². The SMILES string of the molecule is Cc1cc([CH]O)cc(OC(F)(F)F)c1. The fourth-order valence-corrected chi connectivity index (χ4v) is 1.04. The number of aliphatic hydroxyl groups excluding tert-OH is 1. The van der Waals surface area contributed by atoms with Gasteiger partial charge in [-0.1, -0.05) is 6.07 Å². The highest BCUT2D eigenvalue weighted by atomic mass is 19.4. The largest absolute Gasteiger partial charge is 0.573 e. The van der Waals surface area contributed by atoms with Crippen molar-refractivity contribution in [3.8, 4) is 5.75 Å². The van der Waals surface area contributed by atoms with Gasteiger partial charge in [0.15, 0.2) is 0 Å². The standard InChI is InChI=1S/C9H8F3O2/c1-6-2-7(5-13)4-8(3-6)14-9(10,11)12/h2-5,13H,1H3. The van der Waals surface area contributed by atoms with Crippen molar-refractivity contribution in [1.82, 2.24) is 0 Å². The number of halogens is 3. The first-order valence-corrected chi connectivity index (χ1v) is 3.75. The van der Waals surface area contributed by atoms with Gasteiger partial charge < -0.3 is 9.84 Å². The molecule has 0 atom stereocenters. The molecule has 1 N–H and O–H groups in total. The smallest absolute Gasteiger partial charge is 0.406 e. The maximum absolute atomic E-state index is 11.8.